The molecule has 0 saturated heterocycles. The van der Waals surface area contributed by atoms with Gasteiger partial charge in [-0.25, -0.2) is 9.97 Å². The zero-order valence-electron chi connectivity index (χ0n) is 16.8. The molecule has 4 rings (SSSR count). The Kier molecular flexibility index (Phi) is 5.61. The number of nitrogen functional groups attached to an aromatic ring is 1. The summed E-state index contributed by atoms with van der Waals surface area (Å²) < 4.78 is 0. The minimum absolute atomic E-state index is 0.0665. The summed E-state index contributed by atoms with van der Waals surface area (Å²) in [5.74, 6) is 1.13. The molecule has 30 heavy (non-hydrogen) atoms. The van der Waals surface area contributed by atoms with E-state index < -0.39 is 0 Å². The molecular formula is C23H24N6O. The highest BCUT2D eigenvalue weighted by Gasteiger charge is 2.18. The molecule has 0 aliphatic heterocycles. The highest BCUT2D eigenvalue weighted by Crippen LogP contribution is 2.29. The number of nitrogens with two attached hydrogens (primary N) is 1. The summed E-state index contributed by atoms with van der Waals surface area (Å²) in [6.07, 6.45) is 0.577. The van der Waals surface area contributed by atoms with Gasteiger partial charge in [-0.05, 0) is 12.1 Å². The highest BCUT2D eigenvalue weighted by molar-refractivity contribution is 5.89. The molecule has 1 amide bonds. The number of anilines is 2. The van der Waals surface area contributed by atoms with Crippen molar-refractivity contribution in [3.63, 3.8) is 0 Å². The van der Waals surface area contributed by atoms with Crippen LogP contribution in [0.3, 0.4) is 0 Å². The van der Waals surface area contributed by atoms with Crippen LogP contribution < -0.4 is 16.4 Å². The van der Waals surface area contributed by atoms with Crippen LogP contribution in [-0.4, -0.2) is 27.4 Å². The number of H-pyrrole nitrogens is 1. The number of nitrogens with one attached hydrogen (secondary N) is 3. The Morgan fingerprint density at radius 2 is 1.73 bits per heavy atom. The summed E-state index contributed by atoms with van der Waals surface area (Å²) in [6, 6.07) is 19.8. The number of benzene rings is 2. The predicted molar refractivity (Wildman–Crippen MR) is 120 cm³/mol. The number of amides is 1. The molecule has 5 N–H and O–H groups in total. The van der Waals surface area contributed by atoms with E-state index in [1.54, 1.807) is 0 Å². The molecule has 7 heteroatoms. The molecule has 2 aromatic heterocycles. The molecule has 0 radical (unpaired) electrons. The summed E-state index contributed by atoms with van der Waals surface area (Å²) in [7, 11) is 0. The van der Waals surface area contributed by atoms with E-state index in [0.717, 1.165) is 27.9 Å². The second-order valence-electron chi connectivity index (χ2n) is 7.05. The second-order valence-corrected chi connectivity index (χ2v) is 7.05. The number of carbonyl (C=O) groups excluding carboxylic acids is 1. The van der Waals surface area contributed by atoms with Gasteiger partial charge in [0.25, 0.3) is 0 Å². The number of hydrogen-bond donors (Lipinski definition) is 4. The lowest BCUT2D eigenvalue weighted by Gasteiger charge is -2.10. The van der Waals surface area contributed by atoms with Crippen LogP contribution in [0.2, 0.25) is 0 Å². The first-order valence-electron chi connectivity index (χ1n) is 9.87. The zero-order chi connectivity index (χ0) is 20.9. The Balaban J connectivity index is 1.74. The van der Waals surface area contributed by atoms with Crippen molar-refractivity contribution in [1.82, 2.24) is 20.3 Å². The van der Waals surface area contributed by atoms with Gasteiger partial charge in [0, 0.05) is 48.6 Å². The van der Waals surface area contributed by atoms with Crippen LogP contribution >= 0.6 is 0 Å². The molecule has 0 unspecified atom stereocenters. The maximum Gasteiger partial charge on any atom is 0.216 e. The van der Waals surface area contributed by atoms with Crippen molar-refractivity contribution >= 4 is 28.4 Å². The van der Waals surface area contributed by atoms with Crippen LogP contribution in [0.4, 0.5) is 11.5 Å². The number of hydrogen-bond acceptors (Lipinski definition) is 5. The Bertz CT molecular complexity index is 1150. The minimum Gasteiger partial charge on any atom is -0.385 e. The third-order valence-electron chi connectivity index (χ3n) is 4.87. The van der Waals surface area contributed by atoms with E-state index >= 15 is 0 Å². The summed E-state index contributed by atoms with van der Waals surface area (Å²) in [5, 5.41) is 7.15. The van der Waals surface area contributed by atoms with Gasteiger partial charge in [-0.2, -0.15) is 0 Å². The van der Waals surface area contributed by atoms with Gasteiger partial charge >= 0.3 is 0 Å². The summed E-state index contributed by atoms with van der Waals surface area (Å²) in [4.78, 5) is 24.1. The zero-order valence-corrected chi connectivity index (χ0v) is 16.8. The lowest BCUT2D eigenvalue weighted by molar-refractivity contribution is -0.118. The van der Waals surface area contributed by atoms with E-state index in [1.165, 1.54) is 6.92 Å². The van der Waals surface area contributed by atoms with Crippen molar-refractivity contribution in [1.29, 1.82) is 0 Å². The van der Waals surface area contributed by atoms with Gasteiger partial charge in [-0.15, -0.1) is 0 Å². The van der Waals surface area contributed by atoms with Crippen molar-refractivity contribution < 1.29 is 4.79 Å². The SMILES string of the molecule is CC(=O)NCCc1nc(-c2ccccc2)nc2[nH]c(N)c(CNc3ccccc3)c12. The van der Waals surface area contributed by atoms with Gasteiger partial charge in [0.15, 0.2) is 5.82 Å². The Hall–Kier alpha value is -3.87. The number of aromatic amines is 1. The van der Waals surface area contributed by atoms with Crippen molar-refractivity contribution in [2.75, 3.05) is 17.6 Å². The number of fused-ring (bicyclic) bond motifs is 1. The fourth-order valence-corrected chi connectivity index (χ4v) is 3.44. The van der Waals surface area contributed by atoms with Gasteiger partial charge in [-0.1, -0.05) is 48.5 Å². The van der Waals surface area contributed by atoms with Crippen molar-refractivity contribution in [2.45, 2.75) is 19.9 Å². The van der Waals surface area contributed by atoms with Crippen molar-refractivity contribution in [2.24, 2.45) is 0 Å². The molecular weight excluding hydrogens is 376 g/mol. The molecule has 2 aromatic carbocycles. The molecule has 0 bridgehead atoms. The maximum atomic E-state index is 11.3. The van der Waals surface area contributed by atoms with Gasteiger partial charge < -0.3 is 21.4 Å². The lowest BCUT2D eigenvalue weighted by atomic mass is 10.1. The number of rotatable bonds is 7. The van der Waals surface area contributed by atoms with Crippen LogP contribution in [-0.2, 0) is 17.8 Å². The smallest absolute Gasteiger partial charge is 0.216 e. The molecule has 0 atom stereocenters. The van der Waals surface area contributed by atoms with E-state index in [2.05, 4.69) is 15.6 Å². The van der Waals surface area contributed by atoms with E-state index in [4.69, 9.17) is 15.7 Å². The van der Waals surface area contributed by atoms with Crippen molar-refractivity contribution in [3.05, 3.63) is 71.9 Å². The molecule has 7 nitrogen and oxygen atoms in total. The second kappa shape index (κ2) is 8.65. The standard InChI is InChI=1S/C23H24N6O/c1-15(30)25-13-12-19-20-18(14-26-17-10-6-3-7-11-17)21(24)28-23(20)29-22(27-19)16-8-4-2-5-9-16/h2-11,26H,12-14,24H2,1H3,(H,25,30)(H,27,28,29). The molecule has 0 spiro atoms. The maximum absolute atomic E-state index is 11.3. The number of carbonyl (C=O) groups is 1. The Morgan fingerprint density at radius 3 is 2.43 bits per heavy atom. The first kappa shape index (κ1) is 19.4. The summed E-state index contributed by atoms with van der Waals surface area (Å²) in [6.45, 7) is 2.54. The number of para-hydroxylation sites is 1. The van der Waals surface area contributed by atoms with Crippen LogP contribution in [0.15, 0.2) is 60.7 Å². The highest BCUT2D eigenvalue weighted by atomic mass is 16.1. The van der Waals surface area contributed by atoms with Gasteiger partial charge in [0.05, 0.1) is 5.69 Å². The first-order valence-corrected chi connectivity index (χ1v) is 9.87. The largest absolute Gasteiger partial charge is 0.385 e. The first-order chi connectivity index (χ1) is 14.6. The Morgan fingerprint density at radius 1 is 1.03 bits per heavy atom. The quantitative estimate of drug-likeness (QED) is 0.380. The molecule has 4 aromatic rings. The predicted octanol–water partition coefficient (Wildman–Crippen LogP) is 3.50. The van der Waals surface area contributed by atoms with Gasteiger partial charge in [0.1, 0.15) is 11.5 Å². The van der Waals surface area contributed by atoms with E-state index in [9.17, 15) is 4.79 Å². The fourth-order valence-electron chi connectivity index (χ4n) is 3.44. The average Bonchev–Trinajstić information content (AvgIpc) is 3.08. The van der Waals surface area contributed by atoms with Crippen LogP contribution in [0.25, 0.3) is 22.4 Å². The lowest BCUT2D eigenvalue weighted by Crippen LogP contribution is -2.23. The van der Waals surface area contributed by atoms with E-state index in [0.29, 0.717) is 36.8 Å². The van der Waals surface area contributed by atoms with Gasteiger partial charge in [-0.3, -0.25) is 4.79 Å². The van der Waals surface area contributed by atoms with Gasteiger partial charge in [0.2, 0.25) is 5.91 Å². The third-order valence-corrected chi connectivity index (χ3v) is 4.87. The molecule has 0 aliphatic carbocycles. The number of aromatic nitrogens is 3. The molecule has 0 fully saturated rings. The molecule has 152 valence electrons. The summed E-state index contributed by atoms with van der Waals surface area (Å²) in [5.41, 5.74) is 10.7. The van der Waals surface area contributed by atoms with Crippen LogP contribution in [0.5, 0.6) is 0 Å². The number of nitrogens with zero attached hydrogens (tertiary/aromatic N) is 2. The third kappa shape index (κ3) is 4.25. The Labute approximate surface area is 174 Å². The molecule has 0 saturated carbocycles. The van der Waals surface area contributed by atoms with E-state index in [-0.39, 0.29) is 5.91 Å². The van der Waals surface area contributed by atoms with E-state index in [1.807, 2.05) is 60.7 Å². The fraction of sp³-hybridized carbons (Fsp3) is 0.174. The van der Waals surface area contributed by atoms with Crippen LogP contribution in [0.1, 0.15) is 18.2 Å². The monoisotopic (exact) mass is 400 g/mol. The summed E-state index contributed by atoms with van der Waals surface area (Å²) >= 11 is 0. The van der Waals surface area contributed by atoms with Crippen molar-refractivity contribution in [3.8, 4) is 11.4 Å². The average molecular weight is 400 g/mol. The minimum atomic E-state index is -0.0665. The molecule has 0 aliphatic rings. The van der Waals surface area contributed by atoms with Crippen LogP contribution in [0, 0.1) is 0 Å². The molecule has 2 heterocycles. The topological polar surface area (TPSA) is 109 Å². The normalized spacial score (nSPS) is 10.8.